The van der Waals surface area contributed by atoms with Gasteiger partial charge in [0.25, 0.3) is 0 Å². The van der Waals surface area contributed by atoms with Crippen LogP contribution in [0.3, 0.4) is 0 Å². The Bertz CT molecular complexity index is 627. The Kier molecular flexibility index (Phi) is 3.22. The normalized spacial score (nSPS) is 18.8. The summed E-state index contributed by atoms with van der Waals surface area (Å²) in [5.41, 5.74) is 0.628. The van der Waals surface area contributed by atoms with Gasteiger partial charge < -0.3 is 4.98 Å². The smallest absolute Gasteiger partial charge is 0.232 e. The fourth-order valence-corrected chi connectivity index (χ4v) is 2.49. The zero-order valence-electron chi connectivity index (χ0n) is 10.6. The van der Waals surface area contributed by atoms with Crippen LogP contribution in [0, 0.1) is 17.6 Å². The molecule has 1 N–H and O–H groups in total. The summed E-state index contributed by atoms with van der Waals surface area (Å²) in [5, 5.41) is 0. The van der Waals surface area contributed by atoms with Crippen LogP contribution in [-0.2, 0) is 11.2 Å². The number of carbonyl (C=O) groups is 1. The Morgan fingerprint density at radius 3 is 2.90 bits per heavy atom. The number of aromatic nitrogens is 2. The summed E-state index contributed by atoms with van der Waals surface area (Å²) in [7, 11) is 0. The molecule has 104 valence electrons. The van der Waals surface area contributed by atoms with Crippen LogP contribution in [0.4, 0.5) is 14.7 Å². The highest BCUT2D eigenvalue weighted by Crippen LogP contribution is 2.25. The Morgan fingerprint density at radius 1 is 1.35 bits per heavy atom. The summed E-state index contributed by atoms with van der Waals surface area (Å²) < 4.78 is 26.0. The van der Waals surface area contributed by atoms with Gasteiger partial charge in [-0.2, -0.15) is 0 Å². The monoisotopic (exact) mass is 277 g/mol. The number of anilines is 1. The number of amides is 1. The number of nitrogens with one attached hydrogen (secondary N) is 1. The highest BCUT2D eigenvalue weighted by atomic mass is 19.2. The van der Waals surface area contributed by atoms with Crippen molar-refractivity contribution in [2.24, 2.45) is 5.92 Å². The van der Waals surface area contributed by atoms with Crippen molar-refractivity contribution >= 4 is 11.9 Å². The zero-order chi connectivity index (χ0) is 14.1. The van der Waals surface area contributed by atoms with E-state index in [0.717, 1.165) is 12.1 Å². The number of rotatable bonds is 3. The maximum absolute atomic E-state index is 13.2. The third kappa shape index (κ3) is 2.29. The number of hydrogen-bond acceptors (Lipinski definition) is 2. The second-order valence-corrected chi connectivity index (χ2v) is 4.84. The molecule has 1 amide bonds. The minimum atomic E-state index is -0.879. The fourth-order valence-electron chi connectivity index (χ4n) is 2.49. The largest absolute Gasteiger partial charge is 0.331 e. The molecule has 1 atom stereocenters. The van der Waals surface area contributed by atoms with Gasteiger partial charge in [0.15, 0.2) is 11.6 Å². The van der Waals surface area contributed by atoms with Crippen molar-refractivity contribution in [1.82, 2.24) is 9.97 Å². The first-order valence-corrected chi connectivity index (χ1v) is 6.40. The van der Waals surface area contributed by atoms with E-state index >= 15 is 0 Å². The molecule has 1 saturated heterocycles. The summed E-state index contributed by atoms with van der Waals surface area (Å²) >= 11 is 0. The van der Waals surface area contributed by atoms with Crippen molar-refractivity contribution < 1.29 is 13.6 Å². The van der Waals surface area contributed by atoms with Crippen molar-refractivity contribution in [3.05, 3.63) is 47.8 Å². The van der Waals surface area contributed by atoms with E-state index in [0.29, 0.717) is 30.9 Å². The minimum Gasteiger partial charge on any atom is -0.331 e. The van der Waals surface area contributed by atoms with Crippen LogP contribution >= 0.6 is 0 Å². The topological polar surface area (TPSA) is 49.0 Å². The molecule has 2 heterocycles. The van der Waals surface area contributed by atoms with Crippen molar-refractivity contribution in [2.75, 3.05) is 11.4 Å². The van der Waals surface area contributed by atoms with Crippen molar-refractivity contribution in [3.63, 3.8) is 0 Å². The Labute approximate surface area is 114 Å². The molecule has 3 rings (SSSR count). The second-order valence-electron chi connectivity index (χ2n) is 4.84. The van der Waals surface area contributed by atoms with Crippen LogP contribution in [0.15, 0.2) is 30.6 Å². The first kappa shape index (κ1) is 12.8. The summed E-state index contributed by atoms with van der Waals surface area (Å²) in [6.07, 6.45) is 4.34. The zero-order valence-corrected chi connectivity index (χ0v) is 10.6. The quantitative estimate of drug-likeness (QED) is 0.935. The summed E-state index contributed by atoms with van der Waals surface area (Å²) in [6, 6.07) is 3.76. The molecule has 1 aromatic heterocycles. The number of nitrogens with zero attached hydrogens (tertiary/aromatic N) is 2. The van der Waals surface area contributed by atoms with E-state index in [-0.39, 0.29) is 11.8 Å². The number of carbonyl (C=O) groups excluding carboxylic acids is 1. The molecule has 1 fully saturated rings. The van der Waals surface area contributed by atoms with Gasteiger partial charge in [0.05, 0.1) is 0 Å². The Balaban J connectivity index is 1.73. The number of benzene rings is 1. The molecule has 6 heteroatoms. The molecule has 4 nitrogen and oxygen atoms in total. The molecular formula is C14H13F2N3O. The third-order valence-electron chi connectivity index (χ3n) is 3.52. The van der Waals surface area contributed by atoms with Crippen LogP contribution in [0.25, 0.3) is 0 Å². The van der Waals surface area contributed by atoms with Crippen LogP contribution in [0.5, 0.6) is 0 Å². The van der Waals surface area contributed by atoms with Gasteiger partial charge in [-0.05, 0) is 30.5 Å². The van der Waals surface area contributed by atoms with Gasteiger partial charge in [0.2, 0.25) is 11.9 Å². The van der Waals surface area contributed by atoms with Gasteiger partial charge >= 0.3 is 0 Å². The van der Waals surface area contributed by atoms with Crippen molar-refractivity contribution in [1.29, 1.82) is 0 Å². The molecule has 0 spiro atoms. The van der Waals surface area contributed by atoms with E-state index in [2.05, 4.69) is 9.97 Å². The lowest BCUT2D eigenvalue weighted by atomic mass is 9.98. The molecule has 0 radical (unpaired) electrons. The molecule has 0 bridgehead atoms. The summed E-state index contributed by atoms with van der Waals surface area (Å²) in [5.74, 6) is -1.48. The minimum absolute atomic E-state index is 0.0373. The highest BCUT2D eigenvalue weighted by molar-refractivity contribution is 5.95. The van der Waals surface area contributed by atoms with Gasteiger partial charge in [-0.3, -0.25) is 9.69 Å². The van der Waals surface area contributed by atoms with E-state index < -0.39 is 11.6 Å². The van der Waals surface area contributed by atoms with Crippen LogP contribution in [0.1, 0.15) is 12.0 Å². The summed E-state index contributed by atoms with van der Waals surface area (Å²) in [4.78, 5) is 20.8. The summed E-state index contributed by atoms with van der Waals surface area (Å²) in [6.45, 7) is 0.584. The first-order chi connectivity index (χ1) is 9.65. The fraction of sp³-hybridized carbons (Fsp3) is 0.286. The highest BCUT2D eigenvalue weighted by Gasteiger charge is 2.33. The van der Waals surface area contributed by atoms with E-state index in [9.17, 15) is 13.6 Å². The van der Waals surface area contributed by atoms with Gasteiger partial charge in [-0.25, -0.2) is 13.8 Å². The number of halogens is 2. The molecular weight excluding hydrogens is 264 g/mol. The number of aromatic amines is 1. The maximum Gasteiger partial charge on any atom is 0.232 e. The van der Waals surface area contributed by atoms with Crippen LogP contribution < -0.4 is 4.90 Å². The number of hydrogen-bond donors (Lipinski definition) is 1. The molecule has 1 aliphatic rings. The molecule has 1 aliphatic heterocycles. The lowest BCUT2D eigenvalue weighted by Crippen LogP contribution is -2.28. The predicted octanol–water partition coefficient (Wildman–Crippen LogP) is 2.28. The first-order valence-electron chi connectivity index (χ1n) is 6.40. The van der Waals surface area contributed by atoms with E-state index in [1.807, 2.05) is 0 Å². The van der Waals surface area contributed by atoms with E-state index in [1.165, 1.54) is 6.07 Å². The Morgan fingerprint density at radius 2 is 2.20 bits per heavy atom. The van der Waals surface area contributed by atoms with Gasteiger partial charge in [0, 0.05) is 24.9 Å². The third-order valence-corrected chi connectivity index (χ3v) is 3.52. The number of imidazole rings is 1. The number of H-pyrrole nitrogens is 1. The van der Waals surface area contributed by atoms with Crippen molar-refractivity contribution in [3.8, 4) is 0 Å². The standard InChI is InChI=1S/C14H13F2N3O/c15-11-2-1-9(8-12(11)16)7-10-3-6-19(13(10)20)14-17-4-5-18-14/h1-2,4-5,8,10H,3,6-7H2,(H,17,18). The second kappa shape index (κ2) is 5.03. The van der Waals surface area contributed by atoms with Crippen LogP contribution in [0.2, 0.25) is 0 Å². The molecule has 1 aromatic carbocycles. The molecule has 20 heavy (non-hydrogen) atoms. The van der Waals surface area contributed by atoms with Gasteiger partial charge in [-0.1, -0.05) is 6.07 Å². The van der Waals surface area contributed by atoms with Gasteiger partial charge in [0.1, 0.15) is 0 Å². The lowest BCUT2D eigenvalue weighted by molar-refractivity contribution is -0.120. The Hall–Kier alpha value is -2.24. The average molecular weight is 277 g/mol. The van der Waals surface area contributed by atoms with E-state index in [1.54, 1.807) is 17.3 Å². The van der Waals surface area contributed by atoms with Gasteiger partial charge in [-0.15, -0.1) is 0 Å². The molecule has 0 aliphatic carbocycles. The predicted molar refractivity (Wildman–Crippen MR) is 69.1 cm³/mol. The molecule has 1 unspecified atom stereocenters. The average Bonchev–Trinajstić information content (AvgIpc) is 3.05. The molecule has 2 aromatic rings. The molecule has 0 saturated carbocycles. The SMILES string of the molecule is O=C1C(Cc2ccc(F)c(F)c2)CCN1c1ncc[nH]1. The van der Waals surface area contributed by atoms with Crippen LogP contribution in [-0.4, -0.2) is 22.4 Å². The maximum atomic E-state index is 13.2. The lowest BCUT2D eigenvalue weighted by Gasteiger charge is -2.13. The van der Waals surface area contributed by atoms with Crippen molar-refractivity contribution in [2.45, 2.75) is 12.8 Å². The van der Waals surface area contributed by atoms with E-state index in [4.69, 9.17) is 0 Å².